The molecule has 0 radical (unpaired) electrons. The largest absolute Gasteiger partial charge is 0.393 e. The van der Waals surface area contributed by atoms with Crippen LogP contribution in [0.25, 0.3) is 0 Å². The number of rotatable bonds is 4. The summed E-state index contributed by atoms with van der Waals surface area (Å²) in [6.45, 7) is 4.53. The van der Waals surface area contributed by atoms with Crippen molar-refractivity contribution < 1.29 is 9.90 Å². The molecular formula is C12H24N2O2. The molecule has 4 N–H and O–H groups in total. The number of hydrogen-bond donors (Lipinski definition) is 3. The Morgan fingerprint density at radius 3 is 2.75 bits per heavy atom. The van der Waals surface area contributed by atoms with Gasteiger partial charge in [-0.15, -0.1) is 0 Å². The number of aliphatic hydroxyl groups excluding tert-OH is 1. The average molecular weight is 228 g/mol. The van der Waals surface area contributed by atoms with Gasteiger partial charge in [-0.05, 0) is 31.1 Å². The summed E-state index contributed by atoms with van der Waals surface area (Å²) in [5.74, 6) is 0.499. The van der Waals surface area contributed by atoms with Crippen molar-refractivity contribution in [3.63, 3.8) is 0 Å². The van der Waals surface area contributed by atoms with Gasteiger partial charge in [-0.3, -0.25) is 4.79 Å². The van der Waals surface area contributed by atoms with Gasteiger partial charge in [0.15, 0.2) is 0 Å². The molecule has 1 rings (SSSR count). The molecule has 2 unspecified atom stereocenters. The Hall–Kier alpha value is -0.610. The summed E-state index contributed by atoms with van der Waals surface area (Å²) in [4.78, 5) is 11.6. The Morgan fingerprint density at radius 2 is 2.19 bits per heavy atom. The molecule has 0 aliphatic heterocycles. The van der Waals surface area contributed by atoms with Gasteiger partial charge in [0.1, 0.15) is 0 Å². The summed E-state index contributed by atoms with van der Waals surface area (Å²) in [6.07, 6.45) is 3.66. The predicted octanol–water partition coefficient (Wildman–Crippen LogP) is 0.637. The normalized spacial score (nSPS) is 27.8. The second kappa shape index (κ2) is 6.21. The molecule has 94 valence electrons. The first-order valence-corrected chi connectivity index (χ1v) is 6.22. The number of amides is 1. The summed E-state index contributed by atoms with van der Waals surface area (Å²) < 4.78 is 0. The number of hydrogen-bond acceptors (Lipinski definition) is 3. The molecule has 0 aromatic rings. The highest BCUT2D eigenvalue weighted by Gasteiger charge is 2.22. The lowest BCUT2D eigenvalue weighted by Gasteiger charge is -2.26. The predicted molar refractivity (Wildman–Crippen MR) is 63.8 cm³/mol. The summed E-state index contributed by atoms with van der Waals surface area (Å²) in [6, 6.07) is -0.423. The van der Waals surface area contributed by atoms with Gasteiger partial charge in [0.25, 0.3) is 0 Å². The second-order valence-corrected chi connectivity index (χ2v) is 5.20. The van der Waals surface area contributed by atoms with Crippen LogP contribution in [0.4, 0.5) is 0 Å². The standard InChI is InChI=1S/C12H24N2O2/c1-8(2)11(13)12(16)14-7-9-4-3-5-10(15)6-9/h8-11,15H,3-7,13H2,1-2H3,(H,14,16)/t9?,10?,11-/m1/s1. The van der Waals surface area contributed by atoms with Gasteiger partial charge in [-0.1, -0.05) is 20.3 Å². The highest BCUT2D eigenvalue weighted by atomic mass is 16.3. The molecule has 1 aliphatic rings. The van der Waals surface area contributed by atoms with Crippen LogP contribution < -0.4 is 11.1 Å². The maximum atomic E-state index is 11.6. The molecule has 1 saturated carbocycles. The van der Waals surface area contributed by atoms with Crippen molar-refractivity contribution >= 4 is 5.91 Å². The van der Waals surface area contributed by atoms with Crippen LogP contribution in [0.3, 0.4) is 0 Å². The van der Waals surface area contributed by atoms with E-state index in [1.165, 1.54) is 0 Å². The molecule has 0 spiro atoms. The fourth-order valence-electron chi connectivity index (χ4n) is 2.11. The van der Waals surface area contributed by atoms with Crippen LogP contribution in [-0.2, 0) is 4.79 Å². The zero-order valence-corrected chi connectivity index (χ0v) is 10.3. The molecule has 0 saturated heterocycles. The molecule has 3 atom stereocenters. The van der Waals surface area contributed by atoms with E-state index in [0.29, 0.717) is 12.5 Å². The minimum Gasteiger partial charge on any atom is -0.393 e. The molecule has 1 amide bonds. The van der Waals surface area contributed by atoms with Gasteiger partial charge >= 0.3 is 0 Å². The fraction of sp³-hybridized carbons (Fsp3) is 0.917. The second-order valence-electron chi connectivity index (χ2n) is 5.20. The van der Waals surface area contributed by atoms with E-state index >= 15 is 0 Å². The number of nitrogens with one attached hydrogen (secondary N) is 1. The summed E-state index contributed by atoms with van der Waals surface area (Å²) in [7, 11) is 0. The summed E-state index contributed by atoms with van der Waals surface area (Å²) >= 11 is 0. The molecule has 4 nitrogen and oxygen atoms in total. The lowest BCUT2D eigenvalue weighted by Crippen LogP contribution is -2.45. The lowest BCUT2D eigenvalue weighted by atomic mass is 9.87. The molecule has 16 heavy (non-hydrogen) atoms. The van der Waals surface area contributed by atoms with Crippen LogP contribution in [0.15, 0.2) is 0 Å². The van der Waals surface area contributed by atoms with E-state index in [1.54, 1.807) is 0 Å². The highest BCUT2D eigenvalue weighted by Crippen LogP contribution is 2.23. The molecule has 1 fully saturated rings. The minimum absolute atomic E-state index is 0.0740. The zero-order valence-electron chi connectivity index (χ0n) is 10.3. The smallest absolute Gasteiger partial charge is 0.237 e. The molecule has 1 aliphatic carbocycles. The first-order chi connectivity index (χ1) is 7.50. The van der Waals surface area contributed by atoms with Gasteiger partial charge < -0.3 is 16.2 Å². The third-order valence-corrected chi connectivity index (χ3v) is 3.34. The van der Waals surface area contributed by atoms with Crippen molar-refractivity contribution in [2.45, 2.75) is 51.7 Å². The third kappa shape index (κ3) is 4.10. The molecular weight excluding hydrogens is 204 g/mol. The van der Waals surface area contributed by atoms with Crippen molar-refractivity contribution in [1.82, 2.24) is 5.32 Å². The Labute approximate surface area is 97.6 Å². The number of carbonyl (C=O) groups is 1. The quantitative estimate of drug-likeness (QED) is 0.661. The van der Waals surface area contributed by atoms with Crippen LogP contribution in [0.2, 0.25) is 0 Å². The van der Waals surface area contributed by atoms with Crippen molar-refractivity contribution in [2.24, 2.45) is 17.6 Å². The number of aliphatic hydroxyl groups is 1. The monoisotopic (exact) mass is 228 g/mol. The van der Waals surface area contributed by atoms with Gasteiger partial charge in [-0.25, -0.2) is 0 Å². The third-order valence-electron chi connectivity index (χ3n) is 3.34. The first-order valence-electron chi connectivity index (χ1n) is 6.22. The van der Waals surface area contributed by atoms with Crippen LogP contribution in [0.5, 0.6) is 0 Å². The number of carbonyl (C=O) groups excluding carboxylic acids is 1. The van der Waals surface area contributed by atoms with Crippen LogP contribution >= 0.6 is 0 Å². The van der Waals surface area contributed by atoms with Gasteiger partial charge in [0, 0.05) is 6.54 Å². The molecule has 0 aromatic heterocycles. The van der Waals surface area contributed by atoms with Crippen molar-refractivity contribution in [3.05, 3.63) is 0 Å². The Balaban J connectivity index is 2.25. The topological polar surface area (TPSA) is 75.4 Å². The molecule has 0 aromatic carbocycles. The number of nitrogens with two attached hydrogens (primary N) is 1. The minimum atomic E-state index is -0.423. The average Bonchev–Trinajstić information content (AvgIpc) is 2.24. The van der Waals surface area contributed by atoms with Crippen molar-refractivity contribution in [1.29, 1.82) is 0 Å². The molecule has 0 heterocycles. The Bertz CT molecular complexity index is 231. The van der Waals surface area contributed by atoms with Crippen molar-refractivity contribution in [2.75, 3.05) is 6.54 Å². The van der Waals surface area contributed by atoms with Crippen LogP contribution in [0.1, 0.15) is 39.5 Å². The van der Waals surface area contributed by atoms with Gasteiger partial charge in [-0.2, -0.15) is 0 Å². The maximum Gasteiger partial charge on any atom is 0.237 e. The summed E-state index contributed by atoms with van der Waals surface area (Å²) in [5, 5.41) is 12.4. The van der Waals surface area contributed by atoms with Gasteiger partial charge in [0.05, 0.1) is 12.1 Å². The Morgan fingerprint density at radius 1 is 1.50 bits per heavy atom. The lowest BCUT2D eigenvalue weighted by molar-refractivity contribution is -0.123. The SMILES string of the molecule is CC(C)[C@@H](N)C(=O)NCC1CCCC(O)C1. The van der Waals surface area contributed by atoms with E-state index < -0.39 is 6.04 Å². The van der Waals surface area contributed by atoms with E-state index in [0.717, 1.165) is 25.7 Å². The van der Waals surface area contributed by atoms with E-state index in [1.807, 2.05) is 13.8 Å². The summed E-state index contributed by atoms with van der Waals surface area (Å²) in [5.41, 5.74) is 5.74. The van der Waals surface area contributed by atoms with Crippen LogP contribution in [-0.4, -0.2) is 29.7 Å². The van der Waals surface area contributed by atoms with E-state index in [9.17, 15) is 9.90 Å². The molecule has 0 bridgehead atoms. The zero-order chi connectivity index (χ0) is 12.1. The van der Waals surface area contributed by atoms with Crippen LogP contribution in [0, 0.1) is 11.8 Å². The maximum absolute atomic E-state index is 11.6. The Kier molecular flexibility index (Phi) is 5.22. The first kappa shape index (κ1) is 13.5. The van der Waals surface area contributed by atoms with Crippen molar-refractivity contribution in [3.8, 4) is 0 Å². The molecule has 4 heteroatoms. The fourth-order valence-corrected chi connectivity index (χ4v) is 2.11. The van der Waals surface area contributed by atoms with E-state index in [4.69, 9.17) is 5.73 Å². The van der Waals surface area contributed by atoms with E-state index in [2.05, 4.69) is 5.32 Å². The van der Waals surface area contributed by atoms with E-state index in [-0.39, 0.29) is 17.9 Å². The van der Waals surface area contributed by atoms with Gasteiger partial charge in [0.2, 0.25) is 5.91 Å². The highest BCUT2D eigenvalue weighted by molar-refractivity contribution is 5.81.